The highest BCUT2D eigenvalue weighted by atomic mass is 32.2. The van der Waals surface area contributed by atoms with Gasteiger partial charge in [0.25, 0.3) is 0 Å². The van der Waals surface area contributed by atoms with Gasteiger partial charge in [-0.2, -0.15) is 4.31 Å². The molecule has 182 valence electrons. The smallest absolute Gasteiger partial charge is 0.227 e. The summed E-state index contributed by atoms with van der Waals surface area (Å²) in [6.45, 7) is 3.33. The number of ether oxygens (including phenoxy) is 1. The number of aryl methyl sites for hydroxylation is 1. The molecule has 1 saturated heterocycles. The lowest BCUT2D eigenvalue weighted by atomic mass is 10.0. The lowest BCUT2D eigenvalue weighted by Crippen LogP contribution is -2.38. The normalized spacial score (nSPS) is 18.6. The maximum absolute atomic E-state index is 12.8. The van der Waals surface area contributed by atoms with Crippen molar-refractivity contribution in [1.29, 1.82) is 0 Å². The maximum atomic E-state index is 12.8. The Balaban J connectivity index is 1.25. The molecule has 0 saturated carbocycles. The third-order valence-corrected chi connectivity index (χ3v) is 8.47. The van der Waals surface area contributed by atoms with Crippen LogP contribution < -0.4 is 15.0 Å². The third kappa shape index (κ3) is 5.26. The molecule has 2 aromatic carbocycles. The highest BCUT2D eigenvalue weighted by molar-refractivity contribution is 7.89. The van der Waals surface area contributed by atoms with Crippen LogP contribution in [0.2, 0.25) is 0 Å². The van der Waals surface area contributed by atoms with Gasteiger partial charge in [-0.25, -0.2) is 8.42 Å². The van der Waals surface area contributed by atoms with Gasteiger partial charge in [-0.15, -0.1) is 0 Å². The van der Waals surface area contributed by atoms with Gasteiger partial charge >= 0.3 is 0 Å². The van der Waals surface area contributed by atoms with E-state index in [-0.39, 0.29) is 30.5 Å². The number of sulfonamides is 1. The molecule has 0 aliphatic carbocycles. The molecule has 2 amide bonds. The number of amides is 2. The second kappa shape index (κ2) is 10.1. The van der Waals surface area contributed by atoms with Crippen molar-refractivity contribution in [3.8, 4) is 5.75 Å². The number of anilines is 1. The standard InChI is InChI=1S/C25H31N3O5S/c1-18-6-3-4-7-23(18)28-17-21(15-24(28)29)25(30)26-11-5-13-34(31,32)27-12-10-19-14-22(33-2)9-8-20(19)16-27/h3-4,6-9,14,21H,5,10-13,15-17H2,1-2H3,(H,26,30). The fourth-order valence-electron chi connectivity index (χ4n) is 4.59. The molecule has 1 fully saturated rings. The van der Waals surface area contributed by atoms with Crippen LogP contribution in [0, 0.1) is 12.8 Å². The van der Waals surface area contributed by atoms with Crippen molar-refractivity contribution in [2.75, 3.05) is 37.4 Å². The molecule has 1 N–H and O–H groups in total. The summed E-state index contributed by atoms with van der Waals surface area (Å²) in [5.74, 6) is 0.0383. The largest absolute Gasteiger partial charge is 0.497 e. The molecule has 2 aliphatic heterocycles. The summed E-state index contributed by atoms with van der Waals surface area (Å²) in [4.78, 5) is 26.7. The van der Waals surface area contributed by atoms with Crippen molar-refractivity contribution in [3.63, 3.8) is 0 Å². The van der Waals surface area contributed by atoms with Crippen LogP contribution in [0.4, 0.5) is 5.69 Å². The minimum Gasteiger partial charge on any atom is -0.497 e. The van der Waals surface area contributed by atoms with Gasteiger partial charge in [0.15, 0.2) is 0 Å². The molecular formula is C25H31N3O5S. The highest BCUT2D eigenvalue weighted by Crippen LogP contribution is 2.28. The van der Waals surface area contributed by atoms with E-state index in [1.807, 2.05) is 49.4 Å². The second-order valence-corrected chi connectivity index (χ2v) is 11.0. The average Bonchev–Trinajstić information content (AvgIpc) is 3.22. The minimum absolute atomic E-state index is 0.0301. The van der Waals surface area contributed by atoms with E-state index in [4.69, 9.17) is 4.74 Å². The van der Waals surface area contributed by atoms with Crippen molar-refractivity contribution in [2.24, 2.45) is 5.92 Å². The predicted molar refractivity (Wildman–Crippen MR) is 130 cm³/mol. The first-order valence-electron chi connectivity index (χ1n) is 11.6. The van der Waals surface area contributed by atoms with Gasteiger partial charge in [0.05, 0.1) is 18.8 Å². The third-order valence-electron chi connectivity index (χ3n) is 6.56. The lowest BCUT2D eigenvalue weighted by molar-refractivity contribution is -0.126. The first-order chi connectivity index (χ1) is 16.3. The van der Waals surface area contributed by atoms with E-state index in [2.05, 4.69) is 5.32 Å². The molecule has 2 aromatic rings. The monoisotopic (exact) mass is 485 g/mol. The summed E-state index contributed by atoms with van der Waals surface area (Å²) in [7, 11) is -1.81. The summed E-state index contributed by atoms with van der Waals surface area (Å²) in [6, 6.07) is 13.3. The number of nitrogens with one attached hydrogen (secondary N) is 1. The van der Waals surface area contributed by atoms with E-state index in [1.54, 1.807) is 12.0 Å². The highest BCUT2D eigenvalue weighted by Gasteiger charge is 2.35. The van der Waals surface area contributed by atoms with Gasteiger partial charge in [0.2, 0.25) is 21.8 Å². The number of methoxy groups -OCH3 is 1. The molecule has 1 unspecified atom stereocenters. The quantitative estimate of drug-likeness (QED) is 0.579. The Bertz CT molecular complexity index is 1180. The van der Waals surface area contributed by atoms with Crippen LogP contribution >= 0.6 is 0 Å². The molecular weight excluding hydrogens is 454 g/mol. The van der Waals surface area contributed by atoms with Crippen LogP contribution in [0.1, 0.15) is 29.5 Å². The SMILES string of the molecule is COc1ccc2c(c1)CCN(S(=O)(=O)CCCNC(=O)C1CC(=O)N(c3ccccc3C)C1)C2. The Morgan fingerprint density at radius 3 is 2.74 bits per heavy atom. The zero-order valence-electron chi connectivity index (χ0n) is 19.6. The number of fused-ring (bicyclic) bond motifs is 1. The fraction of sp³-hybridized carbons (Fsp3) is 0.440. The van der Waals surface area contributed by atoms with Crippen LogP contribution in [-0.2, 0) is 32.6 Å². The summed E-state index contributed by atoms with van der Waals surface area (Å²) < 4.78 is 32.4. The van der Waals surface area contributed by atoms with Crippen molar-refractivity contribution in [3.05, 3.63) is 59.2 Å². The summed E-state index contributed by atoms with van der Waals surface area (Å²) in [5.41, 5.74) is 3.92. The van der Waals surface area contributed by atoms with Crippen molar-refractivity contribution >= 4 is 27.5 Å². The van der Waals surface area contributed by atoms with E-state index in [0.29, 0.717) is 32.5 Å². The van der Waals surface area contributed by atoms with Gasteiger partial charge in [-0.1, -0.05) is 24.3 Å². The molecule has 8 nitrogen and oxygen atoms in total. The molecule has 0 radical (unpaired) electrons. The van der Waals surface area contributed by atoms with Gasteiger partial charge in [0, 0.05) is 38.3 Å². The predicted octanol–water partition coefficient (Wildman–Crippen LogP) is 2.25. The minimum atomic E-state index is -3.43. The van der Waals surface area contributed by atoms with E-state index >= 15 is 0 Å². The zero-order valence-corrected chi connectivity index (χ0v) is 20.4. The number of para-hydroxylation sites is 1. The first kappa shape index (κ1) is 24.2. The van der Waals surface area contributed by atoms with Crippen LogP contribution in [-0.4, -0.2) is 57.0 Å². The summed E-state index contributed by atoms with van der Waals surface area (Å²) in [5, 5.41) is 2.82. The van der Waals surface area contributed by atoms with Crippen molar-refractivity contribution in [2.45, 2.75) is 32.7 Å². The topological polar surface area (TPSA) is 96.0 Å². The van der Waals surface area contributed by atoms with Crippen LogP contribution in [0.5, 0.6) is 5.75 Å². The molecule has 0 spiro atoms. The van der Waals surface area contributed by atoms with E-state index in [1.165, 1.54) is 4.31 Å². The van der Waals surface area contributed by atoms with Gasteiger partial charge < -0.3 is 15.0 Å². The zero-order chi connectivity index (χ0) is 24.3. The lowest BCUT2D eigenvalue weighted by Gasteiger charge is -2.28. The molecule has 0 bridgehead atoms. The molecule has 0 aromatic heterocycles. The van der Waals surface area contributed by atoms with Crippen LogP contribution in [0.25, 0.3) is 0 Å². The van der Waals surface area contributed by atoms with E-state index in [9.17, 15) is 18.0 Å². The van der Waals surface area contributed by atoms with Gasteiger partial charge in [0.1, 0.15) is 5.75 Å². The number of nitrogens with zero attached hydrogens (tertiary/aromatic N) is 2. The fourth-order valence-corrected chi connectivity index (χ4v) is 6.06. The summed E-state index contributed by atoms with van der Waals surface area (Å²) >= 11 is 0. The molecule has 34 heavy (non-hydrogen) atoms. The summed E-state index contributed by atoms with van der Waals surface area (Å²) in [6.07, 6.45) is 1.13. The molecule has 2 heterocycles. The van der Waals surface area contributed by atoms with Crippen molar-refractivity contribution < 1.29 is 22.7 Å². The Morgan fingerprint density at radius 2 is 1.97 bits per heavy atom. The number of hydrogen-bond donors (Lipinski definition) is 1. The second-order valence-electron chi connectivity index (χ2n) is 8.87. The van der Waals surface area contributed by atoms with E-state index < -0.39 is 15.9 Å². The molecule has 4 rings (SSSR count). The molecule has 2 aliphatic rings. The number of benzene rings is 2. The Kier molecular flexibility index (Phi) is 7.23. The Morgan fingerprint density at radius 1 is 1.18 bits per heavy atom. The Hall–Kier alpha value is -2.91. The number of rotatable bonds is 8. The van der Waals surface area contributed by atoms with Crippen LogP contribution in [0.15, 0.2) is 42.5 Å². The van der Waals surface area contributed by atoms with Gasteiger partial charge in [-0.05, 0) is 54.7 Å². The first-order valence-corrected chi connectivity index (χ1v) is 13.2. The van der Waals surface area contributed by atoms with Gasteiger partial charge in [-0.3, -0.25) is 9.59 Å². The maximum Gasteiger partial charge on any atom is 0.227 e. The number of hydrogen-bond acceptors (Lipinski definition) is 5. The number of carbonyl (C=O) groups is 2. The average molecular weight is 486 g/mol. The van der Waals surface area contributed by atoms with E-state index in [0.717, 1.165) is 28.1 Å². The number of carbonyl (C=O) groups excluding carboxylic acids is 2. The molecule has 9 heteroatoms. The van der Waals surface area contributed by atoms with Crippen molar-refractivity contribution in [1.82, 2.24) is 9.62 Å². The molecule has 1 atom stereocenters. The van der Waals surface area contributed by atoms with Crippen LogP contribution in [0.3, 0.4) is 0 Å². The Labute approximate surface area is 200 Å².